The van der Waals surface area contributed by atoms with Crippen molar-refractivity contribution < 1.29 is 19.8 Å². The zero-order valence-corrected chi connectivity index (χ0v) is 12.2. The molecular weight excluding hydrogens is 290 g/mol. The lowest BCUT2D eigenvalue weighted by Crippen LogP contribution is -2.55. The van der Waals surface area contributed by atoms with Crippen molar-refractivity contribution in [2.45, 2.75) is 25.6 Å². The van der Waals surface area contributed by atoms with Crippen molar-refractivity contribution >= 4 is 11.9 Å². The van der Waals surface area contributed by atoms with Crippen LogP contribution in [-0.4, -0.2) is 62.8 Å². The number of aromatic carboxylic acids is 1. The Morgan fingerprint density at radius 3 is 2.64 bits per heavy atom. The van der Waals surface area contributed by atoms with Gasteiger partial charge in [0, 0.05) is 12.7 Å². The highest BCUT2D eigenvalue weighted by Crippen LogP contribution is 2.26. The van der Waals surface area contributed by atoms with E-state index in [1.165, 1.54) is 4.57 Å². The molecule has 118 valence electrons. The van der Waals surface area contributed by atoms with E-state index in [0.29, 0.717) is 13.1 Å². The molecule has 0 radical (unpaired) electrons. The average Bonchev–Trinajstić information content (AvgIpc) is 2.65. The van der Waals surface area contributed by atoms with Gasteiger partial charge < -0.3 is 19.7 Å². The molecule has 0 saturated carbocycles. The zero-order chi connectivity index (χ0) is 16.0. The van der Waals surface area contributed by atoms with Crippen molar-refractivity contribution in [1.29, 1.82) is 0 Å². The SMILES string of the molecule is CN1CCCCN2C(=O)c3c(O)c(=O)c(C(=O)O)cn3CC12. The van der Waals surface area contributed by atoms with E-state index in [0.717, 1.165) is 25.6 Å². The van der Waals surface area contributed by atoms with Gasteiger partial charge in [-0.25, -0.2) is 4.79 Å². The average molecular weight is 307 g/mol. The van der Waals surface area contributed by atoms with Gasteiger partial charge in [-0.1, -0.05) is 0 Å². The predicted molar refractivity (Wildman–Crippen MR) is 76.0 cm³/mol. The van der Waals surface area contributed by atoms with Gasteiger partial charge >= 0.3 is 5.97 Å². The summed E-state index contributed by atoms with van der Waals surface area (Å²) < 4.78 is 1.38. The van der Waals surface area contributed by atoms with Crippen LogP contribution in [-0.2, 0) is 6.54 Å². The molecule has 8 heteroatoms. The number of likely N-dealkylation sites (N-methyl/N-ethyl adjacent to an activating group) is 1. The maximum atomic E-state index is 12.6. The van der Waals surface area contributed by atoms with Gasteiger partial charge in [0.2, 0.25) is 5.43 Å². The van der Waals surface area contributed by atoms with Gasteiger partial charge in [-0.3, -0.25) is 14.5 Å². The Morgan fingerprint density at radius 1 is 1.27 bits per heavy atom. The number of carboxylic acid groups (broad SMARTS) is 1. The molecule has 1 atom stereocenters. The number of fused-ring (bicyclic) bond motifs is 2. The number of hydrogen-bond donors (Lipinski definition) is 2. The summed E-state index contributed by atoms with van der Waals surface area (Å²) in [5.74, 6) is -2.63. The monoisotopic (exact) mass is 307 g/mol. The molecule has 3 rings (SSSR count). The van der Waals surface area contributed by atoms with Gasteiger partial charge in [0.25, 0.3) is 5.91 Å². The number of carbonyl (C=O) groups excluding carboxylic acids is 1. The molecule has 1 fully saturated rings. The quantitative estimate of drug-likeness (QED) is 0.742. The van der Waals surface area contributed by atoms with Crippen molar-refractivity contribution in [2.75, 3.05) is 20.1 Å². The van der Waals surface area contributed by atoms with Crippen LogP contribution < -0.4 is 5.43 Å². The van der Waals surface area contributed by atoms with Gasteiger partial charge in [-0.2, -0.15) is 0 Å². The number of aromatic nitrogens is 1. The molecule has 1 aromatic heterocycles. The summed E-state index contributed by atoms with van der Waals surface area (Å²) in [6, 6.07) is 0. The molecule has 3 heterocycles. The summed E-state index contributed by atoms with van der Waals surface area (Å²) in [5, 5.41) is 19.1. The standard InChI is InChI=1S/C14H17N3O5/c1-15-4-2-3-5-17-9(15)7-16-6-8(14(21)22)11(18)12(19)10(16)13(17)20/h6,9,19H,2-5,7H2,1H3,(H,21,22). The number of amides is 1. The van der Waals surface area contributed by atoms with E-state index in [2.05, 4.69) is 0 Å². The Labute approximate surface area is 126 Å². The fraction of sp³-hybridized carbons (Fsp3) is 0.500. The summed E-state index contributed by atoms with van der Waals surface area (Å²) in [6.07, 6.45) is 2.75. The highest BCUT2D eigenvalue weighted by molar-refractivity contribution is 5.97. The van der Waals surface area contributed by atoms with Crippen LogP contribution in [0.4, 0.5) is 0 Å². The van der Waals surface area contributed by atoms with Crippen LogP contribution in [0.1, 0.15) is 33.7 Å². The molecule has 22 heavy (non-hydrogen) atoms. The van der Waals surface area contributed by atoms with E-state index >= 15 is 0 Å². The molecule has 0 aliphatic carbocycles. The Hall–Kier alpha value is -2.35. The van der Waals surface area contributed by atoms with E-state index in [4.69, 9.17) is 5.11 Å². The van der Waals surface area contributed by atoms with Gasteiger partial charge in [-0.05, 0) is 26.4 Å². The number of carbonyl (C=O) groups is 2. The van der Waals surface area contributed by atoms with Crippen LogP contribution in [0.5, 0.6) is 5.75 Å². The molecule has 1 unspecified atom stereocenters. The first-order valence-corrected chi connectivity index (χ1v) is 7.12. The summed E-state index contributed by atoms with van der Waals surface area (Å²) in [4.78, 5) is 39.3. The number of hydrogen-bond acceptors (Lipinski definition) is 5. The van der Waals surface area contributed by atoms with Crippen LogP contribution in [0.3, 0.4) is 0 Å². The number of carboxylic acids is 1. The molecule has 0 aromatic carbocycles. The highest BCUT2D eigenvalue weighted by atomic mass is 16.4. The minimum Gasteiger partial charge on any atom is -0.503 e. The minimum absolute atomic E-state index is 0.124. The van der Waals surface area contributed by atoms with Crippen LogP contribution in [0.2, 0.25) is 0 Å². The van der Waals surface area contributed by atoms with E-state index < -0.39 is 28.6 Å². The first-order chi connectivity index (χ1) is 10.4. The van der Waals surface area contributed by atoms with Crippen molar-refractivity contribution in [2.24, 2.45) is 0 Å². The largest absolute Gasteiger partial charge is 0.503 e. The van der Waals surface area contributed by atoms with Crippen LogP contribution >= 0.6 is 0 Å². The zero-order valence-electron chi connectivity index (χ0n) is 12.2. The smallest absolute Gasteiger partial charge is 0.341 e. The molecule has 2 N–H and O–H groups in total. The topological polar surface area (TPSA) is 103 Å². The number of rotatable bonds is 1. The van der Waals surface area contributed by atoms with Crippen molar-refractivity contribution in [3.8, 4) is 5.75 Å². The number of nitrogens with zero attached hydrogens (tertiary/aromatic N) is 3. The summed E-state index contributed by atoms with van der Waals surface area (Å²) in [5.41, 5.74) is -1.67. The van der Waals surface area contributed by atoms with Gasteiger partial charge in [0.15, 0.2) is 11.4 Å². The van der Waals surface area contributed by atoms with Gasteiger partial charge in [0.05, 0.1) is 6.54 Å². The number of pyridine rings is 1. The van der Waals surface area contributed by atoms with Gasteiger partial charge in [-0.15, -0.1) is 0 Å². The predicted octanol–water partition coefficient (Wildman–Crippen LogP) is -0.240. The third-order valence-electron chi connectivity index (χ3n) is 4.34. The van der Waals surface area contributed by atoms with E-state index in [9.17, 15) is 19.5 Å². The highest BCUT2D eigenvalue weighted by Gasteiger charge is 2.38. The molecule has 1 amide bonds. The van der Waals surface area contributed by atoms with Crippen molar-refractivity contribution in [3.63, 3.8) is 0 Å². The fourth-order valence-electron chi connectivity index (χ4n) is 3.14. The normalized spacial score (nSPS) is 22.0. The van der Waals surface area contributed by atoms with Crippen LogP contribution in [0.15, 0.2) is 11.0 Å². The second-order valence-electron chi connectivity index (χ2n) is 5.69. The molecule has 2 aliphatic heterocycles. The molecule has 8 nitrogen and oxygen atoms in total. The fourth-order valence-corrected chi connectivity index (χ4v) is 3.14. The lowest BCUT2D eigenvalue weighted by molar-refractivity contribution is 0.0302. The van der Waals surface area contributed by atoms with E-state index in [1.54, 1.807) is 4.90 Å². The van der Waals surface area contributed by atoms with Crippen LogP contribution in [0, 0.1) is 0 Å². The van der Waals surface area contributed by atoms with Crippen LogP contribution in [0.25, 0.3) is 0 Å². The first-order valence-electron chi connectivity index (χ1n) is 7.12. The lowest BCUT2D eigenvalue weighted by Gasteiger charge is -2.40. The van der Waals surface area contributed by atoms with E-state index in [1.807, 2.05) is 11.9 Å². The number of aromatic hydroxyl groups is 1. The molecule has 1 saturated heterocycles. The molecule has 0 bridgehead atoms. The molecule has 2 aliphatic rings. The van der Waals surface area contributed by atoms with Crippen molar-refractivity contribution in [1.82, 2.24) is 14.4 Å². The second-order valence-corrected chi connectivity index (χ2v) is 5.69. The molecular formula is C14H17N3O5. The maximum Gasteiger partial charge on any atom is 0.341 e. The summed E-state index contributed by atoms with van der Waals surface area (Å²) >= 11 is 0. The van der Waals surface area contributed by atoms with Gasteiger partial charge in [0.1, 0.15) is 11.7 Å². The Morgan fingerprint density at radius 2 is 1.95 bits per heavy atom. The lowest BCUT2D eigenvalue weighted by atomic mass is 10.1. The molecule has 1 aromatic rings. The second kappa shape index (κ2) is 5.13. The summed E-state index contributed by atoms with van der Waals surface area (Å²) in [6.45, 7) is 1.72. The Bertz CT molecular complexity index is 711. The Kier molecular flexibility index (Phi) is 3.40. The Balaban J connectivity index is 2.16. The van der Waals surface area contributed by atoms with E-state index in [-0.39, 0.29) is 11.9 Å². The minimum atomic E-state index is -1.42. The third kappa shape index (κ3) is 2.07. The van der Waals surface area contributed by atoms with Crippen molar-refractivity contribution in [3.05, 3.63) is 27.7 Å². The maximum absolute atomic E-state index is 12.6. The molecule has 0 spiro atoms. The third-order valence-corrected chi connectivity index (χ3v) is 4.34. The first kappa shape index (κ1) is 14.6. The summed E-state index contributed by atoms with van der Waals surface area (Å²) in [7, 11) is 1.90.